The number of halogens is 1. The number of rotatable bonds is 5. The van der Waals surface area contributed by atoms with Crippen LogP contribution in [0.15, 0.2) is 36.4 Å². The molecular formula is C18H19FN2O3. The van der Waals surface area contributed by atoms with Crippen molar-refractivity contribution in [2.45, 2.75) is 13.0 Å². The van der Waals surface area contributed by atoms with Gasteiger partial charge in [-0.05, 0) is 42.3 Å². The lowest BCUT2D eigenvalue weighted by molar-refractivity contribution is -0.118. The van der Waals surface area contributed by atoms with Crippen molar-refractivity contribution in [2.24, 2.45) is 0 Å². The first-order chi connectivity index (χ1) is 11.7. The predicted molar refractivity (Wildman–Crippen MR) is 88.9 cm³/mol. The quantitative estimate of drug-likeness (QED) is 0.884. The molecule has 24 heavy (non-hydrogen) atoms. The van der Waals surface area contributed by atoms with Crippen LogP contribution in [0.4, 0.5) is 10.1 Å². The minimum absolute atomic E-state index is 0.185. The van der Waals surface area contributed by atoms with E-state index in [1.165, 1.54) is 7.11 Å². The van der Waals surface area contributed by atoms with E-state index >= 15 is 0 Å². The minimum atomic E-state index is -0.423. The van der Waals surface area contributed by atoms with Crippen LogP contribution in [0.3, 0.4) is 0 Å². The summed E-state index contributed by atoms with van der Waals surface area (Å²) >= 11 is 0. The molecule has 0 fully saturated rings. The van der Waals surface area contributed by atoms with E-state index in [2.05, 4.69) is 10.6 Å². The van der Waals surface area contributed by atoms with E-state index in [1.807, 2.05) is 12.1 Å². The summed E-state index contributed by atoms with van der Waals surface area (Å²) in [6.07, 6.45) is 0.614. The molecule has 2 N–H and O–H groups in total. The number of benzene rings is 2. The van der Waals surface area contributed by atoms with Gasteiger partial charge in [0.2, 0.25) is 0 Å². The second-order valence-corrected chi connectivity index (χ2v) is 5.48. The molecule has 1 amide bonds. The van der Waals surface area contributed by atoms with Gasteiger partial charge in [-0.25, -0.2) is 4.39 Å². The zero-order valence-corrected chi connectivity index (χ0v) is 13.4. The predicted octanol–water partition coefficient (Wildman–Crippen LogP) is 2.50. The number of hydrogen-bond acceptors (Lipinski definition) is 4. The number of hydrogen-bond donors (Lipinski definition) is 2. The Morgan fingerprint density at radius 2 is 2.04 bits per heavy atom. The minimum Gasteiger partial charge on any atom is -0.493 e. The van der Waals surface area contributed by atoms with E-state index in [-0.39, 0.29) is 18.1 Å². The first-order valence-electron chi connectivity index (χ1n) is 7.75. The number of methoxy groups -OCH3 is 1. The molecule has 0 unspecified atom stereocenters. The van der Waals surface area contributed by atoms with Crippen LogP contribution in [-0.4, -0.2) is 26.2 Å². The molecule has 1 aliphatic heterocycles. The number of fused-ring (bicyclic) bond motifs is 1. The van der Waals surface area contributed by atoms with E-state index < -0.39 is 5.91 Å². The molecule has 1 aliphatic rings. The molecule has 0 saturated heterocycles. The van der Waals surface area contributed by atoms with E-state index in [0.717, 1.165) is 12.1 Å². The van der Waals surface area contributed by atoms with Crippen molar-refractivity contribution in [1.82, 2.24) is 5.32 Å². The maximum Gasteiger partial charge on any atom is 0.262 e. The molecule has 5 nitrogen and oxygen atoms in total. The van der Waals surface area contributed by atoms with Gasteiger partial charge in [0.15, 0.2) is 18.1 Å². The number of amides is 1. The van der Waals surface area contributed by atoms with Crippen molar-refractivity contribution in [3.63, 3.8) is 0 Å². The second-order valence-electron chi connectivity index (χ2n) is 5.48. The Labute approximate surface area is 139 Å². The van der Waals surface area contributed by atoms with Crippen molar-refractivity contribution in [2.75, 3.05) is 25.6 Å². The molecular weight excluding hydrogens is 311 g/mol. The summed E-state index contributed by atoms with van der Waals surface area (Å²) in [5.41, 5.74) is 1.78. The third-order valence-electron chi connectivity index (χ3n) is 3.91. The Bertz CT molecular complexity index is 749. The number of nitrogens with one attached hydrogen (secondary N) is 2. The fraction of sp³-hybridized carbons (Fsp3) is 0.278. The topological polar surface area (TPSA) is 59.6 Å². The molecule has 6 heteroatoms. The van der Waals surface area contributed by atoms with Crippen LogP contribution in [-0.2, 0) is 17.8 Å². The SMILES string of the molecule is COc1ccccc1OCC(=O)Nc1ccc2c(c1F)CCNC2. The molecule has 126 valence electrons. The highest BCUT2D eigenvalue weighted by Crippen LogP contribution is 2.26. The summed E-state index contributed by atoms with van der Waals surface area (Å²) in [5.74, 6) is 0.221. The van der Waals surface area contributed by atoms with E-state index in [9.17, 15) is 9.18 Å². The van der Waals surface area contributed by atoms with Crippen LogP contribution in [0.25, 0.3) is 0 Å². The zero-order chi connectivity index (χ0) is 16.9. The highest BCUT2D eigenvalue weighted by atomic mass is 19.1. The van der Waals surface area contributed by atoms with Crippen molar-refractivity contribution in [1.29, 1.82) is 0 Å². The van der Waals surface area contributed by atoms with E-state index in [0.29, 0.717) is 30.0 Å². The Morgan fingerprint density at radius 1 is 1.25 bits per heavy atom. The van der Waals surface area contributed by atoms with Gasteiger partial charge in [0.25, 0.3) is 5.91 Å². The summed E-state index contributed by atoms with van der Waals surface area (Å²) in [6, 6.07) is 10.5. The monoisotopic (exact) mass is 330 g/mol. The van der Waals surface area contributed by atoms with Gasteiger partial charge in [-0.15, -0.1) is 0 Å². The zero-order valence-electron chi connectivity index (χ0n) is 13.4. The van der Waals surface area contributed by atoms with Gasteiger partial charge < -0.3 is 20.1 Å². The van der Waals surface area contributed by atoms with E-state index in [1.54, 1.807) is 24.3 Å². The number of carbonyl (C=O) groups excluding carboxylic acids is 1. The Hall–Kier alpha value is -2.60. The Morgan fingerprint density at radius 3 is 2.83 bits per heavy atom. The first kappa shape index (κ1) is 16.3. The summed E-state index contributed by atoms with van der Waals surface area (Å²) < 4.78 is 25.1. The molecule has 1 heterocycles. The van der Waals surface area contributed by atoms with Crippen LogP contribution in [0.1, 0.15) is 11.1 Å². The average Bonchev–Trinajstić information content (AvgIpc) is 2.63. The molecule has 0 bridgehead atoms. The highest BCUT2D eigenvalue weighted by Gasteiger charge is 2.17. The van der Waals surface area contributed by atoms with Crippen LogP contribution >= 0.6 is 0 Å². The van der Waals surface area contributed by atoms with Crippen molar-refractivity contribution >= 4 is 11.6 Å². The third-order valence-corrected chi connectivity index (χ3v) is 3.91. The maximum absolute atomic E-state index is 14.5. The molecule has 2 aromatic rings. The summed E-state index contributed by atoms with van der Waals surface area (Å²) in [5, 5.41) is 5.76. The van der Waals surface area contributed by atoms with Crippen molar-refractivity contribution in [3.8, 4) is 11.5 Å². The number of carbonyl (C=O) groups is 1. The van der Waals surface area contributed by atoms with Crippen molar-refractivity contribution in [3.05, 3.63) is 53.3 Å². The average molecular weight is 330 g/mol. The Kier molecular flexibility index (Phi) is 4.96. The number of ether oxygens (including phenoxy) is 2. The molecule has 0 aromatic heterocycles. The lowest BCUT2D eigenvalue weighted by atomic mass is 9.99. The molecule has 3 rings (SSSR count). The summed E-state index contributed by atoms with van der Waals surface area (Å²) in [6.45, 7) is 1.16. The van der Waals surface area contributed by atoms with Gasteiger partial charge in [-0.1, -0.05) is 18.2 Å². The standard InChI is InChI=1S/C18H19FN2O3/c1-23-15-4-2-3-5-16(15)24-11-17(22)21-14-7-6-12-10-20-9-8-13(12)18(14)19/h2-7,20H,8-11H2,1H3,(H,21,22). The number of anilines is 1. The van der Waals surface area contributed by atoms with Gasteiger partial charge in [0.1, 0.15) is 5.82 Å². The summed E-state index contributed by atoms with van der Waals surface area (Å²) in [4.78, 5) is 12.0. The number of para-hydroxylation sites is 2. The highest BCUT2D eigenvalue weighted by molar-refractivity contribution is 5.92. The van der Waals surface area contributed by atoms with Crippen molar-refractivity contribution < 1.29 is 18.7 Å². The fourth-order valence-corrected chi connectivity index (χ4v) is 2.70. The first-order valence-corrected chi connectivity index (χ1v) is 7.75. The van der Waals surface area contributed by atoms with Crippen LogP contribution in [0, 0.1) is 5.82 Å². The maximum atomic E-state index is 14.5. The molecule has 0 radical (unpaired) electrons. The van der Waals surface area contributed by atoms with Gasteiger partial charge in [0.05, 0.1) is 12.8 Å². The van der Waals surface area contributed by atoms with Gasteiger partial charge in [-0.3, -0.25) is 4.79 Å². The summed E-state index contributed by atoms with van der Waals surface area (Å²) in [7, 11) is 1.53. The van der Waals surface area contributed by atoms with Gasteiger partial charge in [-0.2, -0.15) is 0 Å². The van der Waals surface area contributed by atoms with E-state index in [4.69, 9.17) is 9.47 Å². The second kappa shape index (κ2) is 7.31. The molecule has 2 aromatic carbocycles. The lowest BCUT2D eigenvalue weighted by Gasteiger charge is -2.19. The van der Waals surface area contributed by atoms with Crippen LogP contribution in [0.2, 0.25) is 0 Å². The largest absolute Gasteiger partial charge is 0.493 e. The van der Waals surface area contributed by atoms with Crippen LogP contribution in [0.5, 0.6) is 11.5 Å². The molecule has 0 aliphatic carbocycles. The smallest absolute Gasteiger partial charge is 0.262 e. The molecule has 0 atom stereocenters. The molecule has 0 spiro atoms. The molecule has 0 saturated carbocycles. The Balaban J connectivity index is 1.65. The fourth-order valence-electron chi connectivity index (χ4n) is 2.70. The lowest BCUT2D eigenvalue weighted by Crippen LogP contribution is -2.26. The third kappa shape index (κ3) is 3.49. The van der Waals surface area contributed by atoms with Gasteiger partial charge in [0, 0.05) is 6.54 Å². The van der Waals surface area contributed by atoms with Crippen LogP contribution < -0.4 is 20.1 Å². The van der Waals surface area contributed by atoms with Gasteiger partial charge >= 0.3 is 0 Å². The normalized spacial score (nSPS) is 13.1.